The number of anilines is 1. The molecule has 1 aliphatic rings. The Labute approximate surface area is 156 Å². The summed E-state index contributed by atoms with van der Waals surface area (Å²) in [6.07, 6.45) is 1.09. The van der Waals surface area contributed by atoms with Gasteiger partial charge in [0.05, 0.1) is 17.3 Å². The molecule has 0 radical (unpaired) electrons. The van der Waals surface area contributed by atoms with E-state index in [1.54, 1.807) is 0 Å². The molecule has 1 aliphatic heterocycles. The zero-order valence-corrected chi connectivity index (χ0v) is 16.3. The van der Waals surface area contributed by atoms with Crippen molar-refractivity contribution in [3.05, 3.63) is 35.2 Å². The van der Waals surface area contributed by atoms with Crippen LogP contribution >= 0.6 is 11.8 Å². The third kappa shape index (κ3) is 5.07. The molecule has 1 saturated heterocycles. The lowest BCUT2D eigenvalue weighted by Gasteiger charge is -2.06. The summed E-state index contributed by atoms with van der Waals surface area (Å²) in [5.74, 6) is 0.865. The zero-order chi connectivity index (χ0) is 18.7. The molecule has 2 aromatic rings. The van der Waals surface area contributed by atoms with Gasteiger partial charge in [-0.15, -0.1) is 10.2 Å². The third-order valence-corrected chi connectivity index (χ3v) is 7.01. The van der Waals surface area contributed by atoms with Crippen molar-refractivity contribution in [1.82, 2.24) is 10.2 Å². The van der Waals surface area contributed by atoms with Gasteiger partial charge in [-0.2, -0.15) is 0 Å². The molecule has 26 heavy (non-hydrogen) atoms. The highest BCUT2D eigenvalue weighted by Crippen LogP contribution is 2.24. The van der Waals surface area contributed by atoms with Crippen LogP contribution in [0.4, 0.5) is 5.69 Å². The van der Waals surface area contributed by atoms with E-state index in [2.05, 4.69) is 15.5 Å². The summed E-state index contributed by atoms with van der Waals surface area (Å²) in [6.45, 7) is 4.01. The minimum absolute atomic E-state index is 0.0337. The summed E-state index contributed by atoms with van der Waals surface area (Å²) in [6, 6.07) is 5.76. The lowest BCUT2D eigenvalue weighted by Crippen LogP contribution is -2.14. The Balaban J connectivity index is 1.48. The van der Waals surface area contributed by atoms with Crippen molar-refractivity contribution in [2.45, 2.75) is 31.9 Å². The minimum atomic E-state index is -2.91. The van der Waals surface area contributed by atoms with Gasteiger partial charge < -0.3 is 9.73 Å². The molecule has 140 valence electrons. The first-order chi connectivity index (χ1) is 12.3. The average molecular weight is 396 g/mol. The highest BCUT2D eigenvalue weighted by atomic mass is 32.2. The number of amides is 1. The quantitative estimate of drug-likeness (QED) is 0.749. The molecule has 1 aromatic heterocycles. The van der Waals surface area contributed by atoms with Crippen LogP contribution in [-0.4, -0.2) is 41.8 Å². The summed E-state index contributed by atoms with van der Waals surface area (Å²) in [5.41, 5.74) is 3.05. The van der Waals surface area contributed by atoms with Gasteiger partial charge in [-0.3, -0.25) is 4.79 Å². The van der Waals surface area contributed by atoms with E-state index in [0.29, 0.717) is 24.0 Å². The first kappa shape index (κ1) is 18.9. The smallest absolute Gasteiger partial charge is 0.277 e. The molecule has 1 atom stereocenters. The van der Waals surface area contributed by atoms with E-state index in [1.165, 1.54) is 5.56 Å². The van der Waals surface area contributed by atoms with Crippen LogP contribution in [0.1, 0.15) is 23.4 Å². The number of carbonyl (C=O) groups excluding carboxylic acids is 1. The third-order valence-electron chi connectivity index (χ3n) is 4.36. The van der Waals surface area contributed by atoms with Crippen LogP contribution in [0.15, 0.2) is 27.8 Å². The van der Waals surface area contributed by atoms with Gasteiger partial charge in [0.2, 0.25) is 11.8 Å². The van der Waals surface area contributed by atoms with E-state index in [4.69, 9.17) is 4.42 Å². The van der Waals surface area contributed by atoms with E-state index in [1.807, 2.05) is 32.0 Å². The van der Waals surface area contributed by atoms with Gasteiger partial charge in [0.1, 0.15) is 0 Å². The van der Waals surface area contributed by atoms with Crippen molar-refractivity contribution >= 4 is 33.2 Å². The Morgan fingerprint density at radius 2 is 2.12 bits per heavy atom. The van der Waals surface area contributed by atoms with Gasteiger partial charge in [-0.1, -0.05) is 17.8 Å². The second-order valence-corrected chi connectivity index (χ2v) is 9.73. The number of hydrogen-bond acceptors (Lipinski definition) is 7. The molecule has 2 heterocycles. The largest absolute Gasteiger partial charge is 0.416 e. The van der Waals surface area contributed by atoms with Crippen molar-refractivity contribution in [3.63, 3.8) is 0 Å². The van der Waals surface area contributed by atoms with Crippen LogP contribution in [0, 0.1) is 19.8 Å². The lowest BCUT2D eigenvalue weighted by atomic mass is 10.1. The van der Waals surface area contributed by atoms with Crippen molar-refractivity contribution in [2.75, 3.05) is 22.6 Å². The molecule has 0 aliphatic carbocycles. The molecule has 0 unspecified atom stereocenters. The summed E-state index contributed by atoms with van der Waals surface area (Å²) in [4.78, 5) is 12.1. The molecule has 1 fully saturated rings. The van der Waals surface area contributed by atoms with Gasteiger partial charge in [-0.25, -0.2) is 8.42 Å². The maximum absolute atomic E-state index is 12.1. The summed E-state index contributed by atoms with van der Waals surface area (Å²) in [7, 11) is -2.91. The number of nitrogens with zero attached hydrogens (tertiary/aromatic N) is 2. The van der Waals surface area contributed by atoms with E-state index in [9.17, 15) is 13.2 Å². The van der Waals surface area contributed by atoms with Crippen LogP contribution in [-0.2, 0) is 21.1 Å². The monoisotopic (exact) mass is 395 g/mol. The Kier molecular flexibility index (Phi) is 5.67. The molecule has 0 spiro atoms. The summed E-state index contributed by atoms with van der Waals surface area (Å²) < 4.78 is 28.5. The van der Waals surface area contributed by atoms with Gasteiger partial charge in [-0.05, 0) is 49.4 Å². The number of nitrogens with one attached hydrogen (secondary N) is 1. The summed E-state index contributed by atoms with van der Waals surface area (Å²) in [5, 5.41) is 11.0. The fraction of sp³-hybridized carbons (Fsp3) is 0.471. The maximum atomic E-state index is 12.1. The predicted molar refractivity (Wildman–Crippen MR) is 100 cm³/mol. The number of aromatic nitrogens is 2. The molecular weight excluding hydrogens is 374 g/mol. The number of hydrogen-bond donors (Lipinski definition) is 1. The number of carbonyl (C=O) groups is 1. The highest BCUT2D eigenvalue weighted by molar-refractivity contribution is 7.99. The van der Waals surface area contributed by atoms with Gasteiger partial charge in [0.25, 0.3) is 5.22 Å². The fourth-order valence-electron chi connectivity index (χ4n) is 2.80. The average Bonchev–Trinajstić information content (AvgIpc) is 3.15. The minimum Gasteiger partial charge on any atom is -0.416 e. The fourth-order valence-corrected chi connectivity index (χ4v) is 5.24. The van der Waals surface area contributed by atoms with E-state index in [0.717, 1.165) is 23.0 Å². The first-order valence-corrected chi connectivity index (χ1v) is 11.1. The van der Waals surface area contributed by atoms with Gasteiger partial charge in [0, 0.05) is 12.1 Å². The molecule has 1 aromatic carbocycles. The molecule has 0 saturated carbocycles. The van der Waals surface area contributed by atoms with E-state index in [-0.39, 0.29) is 29.1 Å². The Hall–Kier alpha value is -1.87. The summed E-state index contributed by atoms with van der Waals surface area (Å²) >= 11 is 1.16. The van der Waals surface area contributed by atoms with Crippen molar-refractivity contribution in [2.24, 2.45) is 5.92 Å². The predicted octanol–water partition coefficient (Wildman–Crippen LogP) is 2.39. The molecule has 0 bridgehead atoms. The molecule has 3 rings (SSSR count). The number of benzene rings is 1. The standard InChI is InChI=1S/C17H21N3O4S2/c1-11-3-4-14(7-12(11)2)18-15(21)9-25-17-20-19-16(24-17)8-13-5-6-26(22,23)10-13/h3-4,7,13H,5-6,8-10H2,1-2H3,(H,18,21)/t13-/m1/s1. The zero-order valence-electron chi connectivity index (χ0n) is 14.7. The SMILES string of the molecule is Cc1ccc(NC(=O)CSc2nnc(C[C@H]3CCS(=O)(=O)C3)o2)cc1C. The number of aryl methyl sites for hydroxylation is 2. The second-order valence-electron chi connectivity index (χ2n) is 6.57. The van der Waals surface area contributed by atoms with E-state index >= 15 is 0 Å². The molecule has 9 heteroatoms. The van der Waals surface area contributed by atoms with Gasteiger partial charge in [0.15, 0.2) is 9.84 Å². The Morgan fingerprint density at radius 1 is 1.31 bits per heavy atom. The lowest BCUT2D eigenvalue weighted by molar-refractivity contribution is -0.113. The number of rotatable bonds is 6. The second kappa shape index (κ2) is 7.79. The molecule has 1 N–H and O–H groups in total. The first-order valence-electron chi connectivity index (χ1n) is 8.33. The topological polar surface area (TPSA) is 102 Å². The van der Waals surface area contributed by atoms with Gasteiger partial charge >= 0.3 is 0 Å². The van der Waals surface area contributed by atoms with Crippen LogP contribution in [0.5, 0.6) is 0 Å². The van der Waals surface area contributed by atoms with Crippen molar-refractivity contribution < 1.29 is 17.6 Å². The van der Waals surface area contributed by atoms with Crippen LogP contribution in [0.25, 0.3) is 0 Å². The number of thioether (sulfide) groups is 1. The molecule has 7 nitrogen and oxygen atoms in total. The van der Waals surface area contributed by atoms with Crippen LogP contribution < -0.4 is 5.32 Å². The van der Waals surface area contributed by atoms with Crippen LogP contribution in [0.2, 0.25) is 0 Å². The van der Waals surface area contributed by atoms with E-state index < -0.39 is 9.84 Å². The normalized spacial score (nSPS) is 18.8. The van der Waals surface area contributed by atoms with Crippen molar-refractivity contribution in [1.29, 1.82) is 0 Å². The maximum Gasteiger partial charge on any atom is 0.277 e. The number of sulfone groups is 1. The molecule has 1 amide bonds. The Morgan fingerprint density at radius 3 is 2.81 bits per heavy atom. The van der Waals surface area contributed by atoms with Crippen LogP contribution in [0.3, 0.4) is 0 Å². The Bertz CT molecular complexity index is 908. The van der Waals surface area contributed by atoms with Crippen molar-refractivity contribution in [3.8, 4) is 0 Å². The molecular formula is C17H21N3O4S2. The highest BCUT2D eigenvalue weighted by Gasteiger charge is 2.29.